The van der Waals surface area contributed by atoms with Gasteiger partial charge in [-0.2, -0.15) is 0 Å². The Morgan fingerprint density at radius 2 is 2.28 bits per heavy atom. The van der Waals surface area contributed by atoms with Gasteiger partial charge in [-0.05, 0) is 18.2 Å². The fourth-order valence-electron chi connectivity index (χ4n) is 1.94. The largest absolute Gasteiger partial charge is 0.496 e. The molecule has 1 saturated heterocycles. The van der Waals surface area contributed by atoms with Gasteiger partial charge in [0.2, 0.25) is 0 Å². The van der Waals surface area contributed by atoms with E-state index in [1.54, 1.807) is 18.4 Å². The first-order valence-corrected chi connectivity index (χ1v) is 7.45. The molecule has 94 valence electrons. The topological polar surface area (TPSA) is 34.1 Å². The maximum atomic E-state index is 5.40. The minimum atomic E-state index is 0.577. The highest BCUT2D eigenvalue weighted by Gasteiger charge is 2.22. The third kappa shape index (κ3) is 2.18. The van der Waals surface area contributed by atoms with Crippen LogP contribution in [0.25, 0.3) is 10.6 Å². The molecule has 1 N–H and O–H groups in total. The Kier molecular flexibility index (Phi) is 3.37. The smallest absolute Gasteiger partial charge is 0.129 e. The first-order valence-electron chi connectivity index (χ1n) is 5.78. The van der Waals surface area contributed by atoms with Gasteiger partial charge in [0.1, 0.15) is 10.8 Å². The molecule has 3 rings (SSSR count). The van der Waals surface area contributed by atoms with Crippen LogP contribution in [0.5, 0.6) is 5.75 Å². The first-order chi connectivity index (χ1) is 8.78. The SMILES string of the molecule is COc1ccc(Br)cc1-c1nc(C2CNC2)cs1. The summed E-state index contributed by atoms with van der Waals surface area (Å²) in [5.41, 5.74) is 2.24. The molecule has 1 fully saturated rings. The van der Waals surface area contributed by atoms with Gasteiger partial charge in [-0.3, -0.25) is 0 Å². The van der Waals surface area contributed by atoms with E-state index in [9.17, 15) is 0 Å². The predicted molar refractivity (Wildman–Crippen MR) is 77.4 cm³/mol. The van der Waals surface area contributed by atoms with E-state index in [0.29, 0.717) is 5.92 Å². The summed E-state index contributed by atoms with van der Waals surface area (Å²) in [7, 11) is 1.69. The fourth-order valence-corrected chi connectivity index (χ4v) is 3.23. The van der Waals surface area contributed by atoms with Crippen LogP contribution in [0.3, 0.4) is 0 Å². The second-order valence-electron chi connectivity index (χ2n) is 4.28. The highest BCUT2D eigenvalue weighted by molar-refractivity contribution is 9.10. The van der Waals surface area contributed by atoms with Crippen molar-refractivity contribution in [3.05, 3.63) is 33.7 Å². The molecule has 0 saturated carbocycles. The van der Waals surface area contributed by atoms with E-state index in [2.05, 4.69) is 32.7 Å². The number of hydrogen-bond donors (Lipinski definition) is 1. The van der Waals surface area contributed by atoms with Crippen molar-refractivity contribution < 1.29 is 4.74 Å². The molecule has 0 atom stereocenters. The second kappa shape index (κ2) is 4.99. The molecule has 0 amide bonds. The Bertz CT molecular complexity index is 566. The second-order valence-corrected chi connectivity index (χ2v) is 6.05. The molecular weight excluding hydrogens is 312 g/mol. The van der Waals surface area contributed by atoms with E-state index in [1.165, 1.54) is 5.69 Å². The van der Waals surface area contributed by atoms with Crippen LogP contribution in [-0.4, -0.2) is 25.2 Å². The van der Waals surface area contributed by atoms with Gasteiger partial charge in [0, 0.05) is 28.9 Å². The van der Waals surface area contributed by atoms with Crippen LogP contribution >= 0.6 is 27.3 Å². The molecule has 0 aliphatic carbocycles. The lowest BCUT2D eigenvalue weighted by Gasteiger charge is -2.25. The molecule has 0 unspecified atom stereocenters. The summed E-state index contributed by atoms with van der Waals surface area (Å²) < 4.78 is 6.44. The molecule has 2 aromatic rings. The molecule has 3 nitrogen and oxygen atoms in total. The van der Waals surface area contributed by atoms with E-state index in [4.69, 9.17) is 9.72 Å². The van der Waals surface area contributed by atoms with Gasteiger partial charge in [0.25, 0.3) is 0 Å². The standard InChI is InChI=1S/C13H13BrN2OS/c1-17-12-3-2-9(14)4-10(12)13-16-11(7-18-13)8-5-15-6-8/h2-4,7-8,15H,5-6H2,1H3. The lowest BCUT2D eigenvalue weighted by molar-refractivity contribution is 0.416. The highest BCUT2D eigenvalue weighted by Crippen LogP contribution is 2.36. The number of benzene rings is 1. The quantitative estimate of drug-likeness (QED) is 0.940. The molecule has 18 heavy (non-hydrogen) atoms. The van der Waals surface area contributed by atoms with Crippen molar-refractivity contribution in [3.8, 4) is 16.3 Å². The van der Waals surface area contributed by atoms with Gasteiger partial charge in [-0.1, -0.05) is 15.9 Å². The summed E-state index contributed by atoms with van der Waals surface area (Å²) in [6.45, 7) is 2.08. The van der Waals surface area contributed by atoms with E-state index in [-0.39, 0.29) is 0 Å². The van der Waals surface area contributed by atoms with Crippen molar-refractivity contribution >= 4 is 27.3 Å². The van der Waals surface area contributed by atoms with Gasteiger partial charge < -0.3 is 10.1 Å². The Morgan fingerprint density at radius 1 is 1.44 bits per heavy atom. The number of thiazole rings is 1. The Morgan fingerprint density at radius 3 is 2.94 bits per heavy atom. The Hall–Kier alpha value is -0.910. The van der Waals surface area contributed by atoms with Crippen LogP contribution in [-0.2, 0) is 0 Å². The molecule has 0 radical (unpaired) electrons. The van der Waals surface area contributed by atoms with Crippen LogP contribution in [0, 0.1) is 0 Å². The minimum absolute atomic E-state index is 0.577. The summed E-state index contributed by atoms with van der Waals surface area (Å²) in [5.74, 6) is 1.44. The molecule has 1 aromatic heterocycles. The molecule has 0 bridgehead atoms. The van der Waals surface area contributed by atoms with Crippen molar-refractivity contribution in [2.24, 2.45) is 0 Å². The van der Waals surface area contributed by atoms with E-state index < -0.39 is 0 Å². The molecular formula is C13H13BrN2OS. The monoisotopic (exact) mass is 324 g/mol. The van der Waals surface area contributed by atoms with Gasteiger partial charge >= 0.3 is 0 Å². The number of hydrogen-bond acceptors (Lipinski definition) is 4. The third-order valence-corrected chi connectivity index (χ3v) is 4.50. The van der Waals surface area contributed by atoms with Crippen molar-refractivity contribution in [2.45, 2.75) is 5.92 Å². The maximum Gasteiger partial charge on any atom is 0.129 e. The number of nitrogens with one attached hydrogen (secondary N) is 1. The van der Waals surface area contributed by atoms with Crippen molar-refractivity contribution in [1.82, 2.24) is 10.3 Å². The Labute approximate surface area is 118 Å². The zero-order valence-corrected chi connectivity index (χ0v) is 12.3. The van der Waals surface area contributed by atoms with Crippen LogP contribution in [0.4, 0.5) is 0 Å². The summed E-state index contributed by atoms with van der Waals surface area (Å²) in [6.07, 6.45) is 0. The first kappa shape index (κ1) is 12.1. The van der Waals surface area contributed by atoms with Crippen LogP contribution in [0.15, 0.2) is 28.1 Å². The van der Waals surface area contributed by atoms with Crippen molar-refractivity contribution in [1.29, 1.82) is 0 Å². The van der Waals surface area contributed by atoms with Gasteiger partial charge in [-0.25, -0.2) is 4.98 Å². The maximum absolute atomic E-state index is 5.40. The van der Waals surface area contributed by atoms with Crippen molar-refractivity contribution in [3.63, 3.8) is 0 Å². The number of nitrogens with zero attached hydrogens (tertiary/aromatic N) is 1. The molecule has 2 heterocycles. The van der Waals surface area contributed by atoms with Crippen molar-refractivity contribution in [2.75, 3.05) is 20.2 Å². The molecule has 5 heteroatoms. The van der Waals surface area contributed by atoms with Crippen LogP contribution < -0.4 is 10.1 Å². The zero-order valence-electron chi connectivity index (χ0n) is 9.94. The van der Waals surface area contributed by atoms with E-state index in [1.807, 2.05) is 12.1 Å². The van der Waals surface area contributed by atoms with Gasteiger partial charge in [0.15, 0.2) is 0 Å². The average molecular weight is 325 g/mol. The lowest BCUT2D eigenvalue weighted by atomic mass is 10.0. The lowest BCUT2D eigenvalue weighted by Crippen LogP contribution is -2.40. The summed E-state index contributed by atoms with van der Waals surface area (Å²) in [5, 5.41) is 6.45. The van der Waals surface area contributed by atoms with Crippen LogP contribution in [0.2, 0.25) is 0 Å². The van der Waals surface area contributed by atoms with Gasteiger partial charge in [0.05, 0.1) is 18.4 Å². The highest BCUT2D eigenvalue weighted by atomic mass is 79.9. The van der Waals surface area contributed by atoms with Crippen LogP contribution in [0.1, 0.15) is 11.6 Å². The summed E-state index contributed by atoms with van der Waals surface area (Å²) >= 11 is 5.17. The number of methoxy groups -OCH3 is 1. The number of rotatable bonds is 3. The summed E-state index contributed by atoms with van der Waals surface area (Å²) in [6, 6.07) is 6.00. The zero-order chi connectivity index (χ0) is 12.5. The normalized spacial score (nSPS) is 15.4. The minimum Gasteiger partial charge on any atom is -0.496 e. The molecule has 1 aromatic carbocycles. The number of ether oxygens (including phenoxy) is 1. The summed E-state index contributed by atoms with van der Waals surface area (Å²) in [4.78, 5) is 4.73. The molecule has 0 spiro atoms. The fraction of sp³-hybridized carbons (Fsp3) is 0.308. The van der Waals surface area contributed by atoms with E-state index >= 15 is 0 Å². The average Bonchev–Trinajstić information content (AvgIpc) is 2.76. The number of aromatic nitrogens is 1. The Balaban J connectivity index is 1.98. The van der Waals surface area contributed by atoms with Gasteiger partial charge in [-0.15, -0.1) is 11.3 Å². The number of halogens is 1. The molecule has 1 aliphatic rings. The molecule has 1 aliphatic heterocycles. The van der Waals surface area contributed by atoms with E-state index in [0.717, 1.165) is 33.9 Å². The predicted octanol–water partition coefficient (Wildman–Crippen LogP) is 3.27. The third-order valence-electron chi connectivity index (χ3n) is 3.11.